The Labute approximate surface area is 257 Å². The summed E-state index contributed by atoms with van der Waals surface area (Å²) in [5, 5.41) is 52.1. The number of carbonyl (C=O) groups is 1. The standard InChI is InChI=1S/C30H38N4O9S/c1-16(2)21-15-44-23(31-21)5-3-17-7-12-34-22(13-17)32-27(19(28(34)40)4-6-24(36)37)33-10-8-18(9-11-33)42-30-20(14-35)25(38)26(39)29(41)43-30/h4,6-7,12-13,15-16,18,20,25-26,29-30,35,38-39,41H,3,5,8-11,14H2,1-2H3,(H,36,37)/b6-4+/t20-,25+,26-,29+,30?/m0/s1. The molecule has 3 aromatic rings. The van der Waals surface area contributed by atoms with Crippen LogP contribution in [0.1, 0.15) is 54.4 Å². The number of aliphatic hydroxyl groups excluding tert-OH is 4. The lowest BCUT2D eigenvalue weighted by Crippen LogP contribution is -2.57. The summed E-state index contributed by atoms with van der Waals surface area (Å²) in [6.07, 6.45) is 0.108. The summed E-state index contributed by atoms with van der Waals surface area (Å²) in [7, 11) is 0. The van der Waals surface area contributed by atoms with Gasteiger partial charge in [0.2, 0.25) is 0 Å². The van der Waals surface area contributed by atoms with Gasteiger partial charge in [-0.15, -0.1) is 11.3 Å². The lowest BCUT2D eigenvalue weighted by Gasteiger charge is -2.42. The fourth-order valence-electron chi connectivity index (χ4n) is 5.46. The van der Waals surface area contributed by atoms with E-state index in [0.717, 1.165) is 28.8 Å². The Morgan fingerprint density at radius 1 is 1.18 bits per heavy atom. The molecule has 13 nitrogen and oxygen atoms in total. The highest BCUT2D eigenvalue weighted by molar-refractivity contribution is 7.09. The van der Waals surface area contributed by atoms with Gasteiger partial charge in [-0.2, -0.15) is 0 Å². The molecule has 0 aliphatic carbocycles. The largest absolute Gasteiger partial charge is 0.478 e. The van der Waals surface area contributed by atoms with Crippen molar-refractivity contribution < 1.29 is 39.8 Å². The number of carboxylic acid groups (broad SMARTS) is 1. The molecule has 5 N–H and O–H groups in total. The fourth-order valence-corrected chi connectivity index (χ4v) is 6.42. The highest BCUT2D eigenvalue weighted by Gasteiger charge is 2.45. The van der Waals surface area contributed by atoms with Crippen molar-refractivity contribution in [2.24, 2.45) is 5.92 Å². The maximum atomic E-state index is 13.6. The zero-order valence-electron chi connectivity index (χ0n) is 24.5. The van der Waals surface area contributed by atoms with Crippen molar-refractivity contribution in [3.63, 3.8) is 0 Å². The Morgan fingerprint density at radius 3 is 2.59 bits per heavy atom. The topological polar surface area (TPSA) is 187 Å². The zero-order valence-corrected chi connectivity index (χ0v) is 25.3. The first-order chi connectivity index (χ1) is 21.0. The molecule has 0 bridgehead atoms. The van der Waals surface area contributed by atoms with Crippen LogP contribution in [-0.4, -0.2) is 96.5 Å². The molecule has 2 aliphatic rings. The minimum Gasteiger partial charge on any atom is -0.478 e. The number of ether oxygens (including phenoxy) is 2. The van der Waals surface area contributed by atoms with Gasteiger partial charge in [0.25, 0.3) is 5.56 Å². The molecule has 2 saturated heterocycles. The maximum absolute atomic E-state index is 13.6. The average Bonchev–Trinajstić information content (AvgIpc) is 3.48. The Bertz CT molecular complexity index is 1550. The number of nitrogens with zero attached hydrogens (tertiary/aromatic N) is 4. The van der Waals surface area contributed by atoms with Gasteiger partial charge < -0.3 is 39.9 Å². The summed E-state index contributed by atoms with van der Waals surface area (Å²) < 4.78 is 12.7. The molecule has 0 saturated carbocycles. The van der Waals surface area contributed by atoms with Crippen LogP contribution in [0.15, 0.2) is 34.6 Å². The van der Waals surface area contributed by atoms with E-state index in [0.29, 0.717) is 49.7 Å². The number of rotatable bonds is 10. The van der Waals surface area contributed by atoms with Gasteiger partial charge in [0.15, 0.2) is 12.6 Å². The smallest absolute Gasteiger partial charge is 0.328 e. The molecule has 44 heavy (non-hydrogen) atoms. The van der Waals surface area contributed by atoms with E-state index in [4.69, 9.17) is 19.4 Å². The molecule has 2 fully saturated rings. The second-order valence-electron chi connectivity index (χ2n) is 11.5. The predicted octanol–water partition coefficient (Wildman–Crippen LogP) is 1.15. The van der Waals surface area contributed by atoms with Crippen molar-refractivity contribution in [1.29, 1.82) is 0 Å². The second kappa shape index (κ2) is 13.8. The van der Waals surface area contributed by atoms with E-state index < -0.39 is 48.8 Å². The molecular formula is C30H38N4O9S. The molecule has 2 aliphatic heterocycles. The highest BCUT2D eigenvalue weighted by Crippen LogP contribution is 2.30. The van der Waals surface area contributed by atoms with E-state index in [1.807, 2.05) is 17.0 Å². The molecule has 3 aromatic heterocycles. The molecule has 0 spiro atoms. The number of thiazole rings is 1. The summed E-state index contributed by atoms with van der Waals surface area (Å²) in [5.41, 5.74) is 2.27. The number of fused-ring (bicyclic) bond motifs is 1. The number of hydrogen-bond acceptors (Lipinski definition) is 12. The summed E-state index contributed by atoms with van der Waals surface area (Å²) in [4.78, 5) is 36.3. The number of aromatic nitrogens is 3. The van der Waals surface area contributed by atoms with Gasteiger partial charge in [0.1, 0.15) is 17.6 Å². The molecule has 1 unspecified atom stereocenters. The van der Waals surface area contributed by atoms with Crippen LogP contribution >= 0.6 is 11.3 Å². The van der Waals surface area contributed by atoms with Crippen molar-refractivity contribution in [3.05, 3.63) is 62.0 Å². The Balaban J connectivity index is 1.35. The van der Waals surface area contributed by atoms with Crippen molar-refractivity contribution >= 4 is 34.8 Å². The third-order valence-electron chi connectivity index (χ3n) is 8.07. The number of piperidine rings is 1. The number of anilines is 1. The van der Waals surface area contributed by atoms with Crippen LogP contribution in [0.5, 0.6) is 0 Å². The van der Waals surface area contributed by atoms with Crippen LogP contribution in [0.3, 0.4) is 0 Å². The molecule has 238 valence electrons. The van der Waals surface area contributed by atoms with Crippen LogP contribution < -0.4 is 10.5 Å². The van der Waals surface area contributed by atoms with Gasteiger partial charge >= 0.3 is 5.97 Å². The number of aliphatic carboxylic acids is 1. The van der Waals surface area contributed by atoms with Gasteiger partial charge in [0.05, 0.1) is 41.0 Å². The molecule has 0 aromatic carbocycles. The van der Waals surface area contributed by atoms with E-state index in [9.17, 15) is 35.1 Å². The van der Waals surface area contributed by atoms with Crippen LogP contribution in [-0.2, 0) is 27.1 Å². The van der Waals surface area contributed by atoms with Crippen LogP contribution in [0.25, 0.3) is 11.7 Å². The Hall–Kier alpha value is -3.24. The lowest BCUT2D eigenvalue weighted by molar-refractivity contribution is -0.340. The second-order valence-corrected chi connectivity index (χ2v) is 12.4. The van der Waals surface area contributed by atoms with Gasteiger partial charge in [-0.3, -0.25) is 9.20 Å². The monoisotopic (exact) mass is 630 g/mol. The molecular weight excluding hydrogens is 592 g/mol. The molecule has 0 radical (unpaired) electrons. The van der Waals surface area contributed by atoms with E-state index >= 15 is 0 Å². The van der Waals surface area contributed by atoms with Crippen LogP contribution in [0, 0.1) is 5.92 Å². The summed E-state index contributed by atoms with van der Waals surface area (Å²) in [5.74, 6) is -1.40. The number of carboxylic acids is 1. The Morgan fingerprint density at radius 2 is 1.93 bits per heavy atom. The summed E-state index contributed by atoms with van der Waals surface area (Å²) in [6, 6.07) is 3.73. The van der Waals surface area contributed by atoms with Gasteiger partial charge in [0, 0.05) is 37.2 Å². The normalized spacial score (nSPS) is 25.0. The maximum Gasteiger partial charge on any atom is 0.328 e. The SMILES string of the molecule is CC(C)c1csc(CCc2ccn3c(=O)c(/C=C/C(=O)O)c(N4CCC(OC5O[C@@H](O)[C@@H](O)[C@H](O)[C@@H]5CO)CC4)nc3c2)n1. The number of hydrogen-bond donors (Lipinski definition) is 5. The molecule has 0 amide bonds. The van der Waals surface area contributed by atoms with Crippen LogP contribution in [0.4, 0.5) is 5.82 Å². The summed E-state index contributed by atoms with van der Waals surface area (Å²) in [6.45, 7) is 4.53. The third kappa shape index (κ3) is 7.01. The molecule has 5 atom stereocenters. The van der Waals surface area contributed by atoms with E-state index in [-0.39, 0.29) is 11.7 Å². The predicted molar refractivity (Wildman–Crippen MR) is 162 cm³/mol. The van der Waals surface area contributed by atoms with Gasteiger partial charge in [-0.05, 0) is 49.0 Å². The van der Waals surface area contributed by atoms with Gasteiger partial charge in [-0.25, -0.2) is 14.8 Å². The minimum absolute atomic E-state index is 0.150. The fraction of sp³-hybridized carbons (Fsp3) is 0.533. The molecule has 14 heteroatoms. The average molecular weight is 631 g/mol. The third-order valence-corrected chi connectivity index (χ3v) is 9.00. The quantitative estimate of drug-likeness (QED) is 0.202. The first kappa shape index (κ1) is 32.2. The Kier molecular flexibility index (Phi) is 10.1. The highest BCUT2D eigenvalue weighted by atomic mass is 32.1. The zero-order chi connectivity index (χ0) is 31.5. The number of pyridine rings is 1. The minimum atomic E-state index is -1.65. The summed E-state index contributed by atoms with van der Waals surface area (Å²) >= 11 is 1.64. The van der Waals surface area contributed by atoms with Crippen molar-refractivity contribution in [3.8, 4) is 0 Å². The molecule has 5 heterocycles. The van der Waals surface area contributed by atoms with Crippen molar-refractivity contribution in [2.75, 3.05) is 24.6 Å². The van der Waals surface area contributed by atoms with E-state index in [1.165, 1.54) is 10.5 Å². The van der Waals surface area contributed by atoms with E-state index in [1.54, 1.807) is 17.5 Å². The van der Waals surface area contributed by atoms with Gasteiger partial charge in [-0.1, -0.05) is 13.8 Å². The number of aliphatic hydroxyl groups is 4. The molecule has 5 rings (SSSR count). The van der Waals surface area contributed by atoms with Crippen molar-refractivity contribution in [2.45, 2.75) is 76.3 Å². The first-order valence-corrected chi connectivity index (χ1v) is 15.5. The lowest BCUT2D eigenvalue weighted by atomic mass is 9.94. The van der Waals surface area contributed by atoms with Crippen LogP contribution in [0.2, 0.25) is 0 Å². The van der Waals surface area contributed by atoms with Crippen molar-refractivity contribution in [1.82, 2.24) is 14.4 Å². The number of aryl methyl sites for hydroxylation is 2. The first-order valence-electron chi connectivity index (χ1n) is 14.7. The van der Waals surface area contributed by atoms with E-state index in [2.05, 4.69) is 19.2 Å².